The fourth-order valence-electron chi connectivity index (χ4n) is 4.05. The molecule has 4 rings (SSSR count). The molecule has 0 spiro atoms. The summed E-state index contributed by atoms with van der Waals surface area (Å²) in [7, 11) is 3.48. The number of nitrogens with zero attached hydrogens (tertiary/aromatic N) is 4. The zero-order chi connectivity index (χ0) is 24.2. The number of amides is 2. The van der Waals surface area contributed by atoms with Gasteiger partial charge in [0.05, 0.1) is 24.9 Å². The third kappa shape index (κ3) is 4.75. The first kappa shape index (κ1) is 23.3. The topological polar surface area (TPSA) is 109 Å². The number of rotatable bonds is 2. The Labute approximate surface area is 199 Å². The maximum atomic E-state index is 12.9. The van der Waals surface area contributed by atoms with Crippen LogP contribution in [0.1, 0.15) is 32.3 Å². The van der Waals surface area contributed by atoms with E-state index in [1.54, 1.807) is 25.4 Å². The molecule has 0 unspecified atom stereocenters. The van der Waals surface area contributed by atoms with Crippen LogP contribution in [0.15, 0.2) is 30.7 Å². The molecule has 2 N–H and O–H groups in total. The maximum Gasteiger partial charge on any atom is 0.259 e. The predicted octanol–water partition coefficient (Wildman–Crippen LogP) is 2.74. The van der Waals surface area contributed by atoms with Gasteiger partial charge in [0.15, 0.2) is 11.5 Å². The second-order valence-electron chi connectivity index (χ2n) is 8.50. The molecule has 1 aromatic heterocycles. The summed E-state index contributed by atoms with van der Waals surface area (Å²) in [4.78, 5) is 38.2. The molecule has 2 bridgehead atoms. The van der Waals surface area contributed by atoms with E-state index in [2.05, 4.69) is 20.6 Å². The Hall–Kier alpha value is -3.82. The summed E-state index contributed by atoms with van der Waals surface area (Å²) in [6.45, 7) is 5.47. The Morgan fingerprint density at radius 2 is 2.00 bits per heavy atom. The summed E-state index contributed by atoms with van der Waals surface area (Å²) < 4.78 is 11.3. The van der Waals surface area contributed by atoms with E-state index in [1.165, 1.54) is 6.33 Å². The first-order valence-electron chi connectivity index (χ1n) is 11.3. The largest absolute Gasteiger partial charge is 0.493 e. The molecule has 0 saturated heterocycles. The number of hydrogen-bond acceptors (Lipinski definition) is 8. The summed E-state index contributed by atoms with van der Waals surface area (Å²) in [6.07, 6.45) is 4.05. The van der Waals surface area contributed by atoms with Crippen LogP contribution in [-0.2, 0) is 9.59 Å². The summed E-state index contributed by atoms with van der Waals surface area (Å²) in [5.74, 6) is 2.04. The fraction of sp³-hybridized carbons (Fsp3) is 0.417. The minimum Gasteiger partial charge on any atom is -0.493 e. The van der Waals surface area contributed by atoms with Gasteiger partial charge in [0, 0.05) is 50.6 Å². The molecular weight excluding hydrogens is 436 g/mol. The Morgan fingerprint density at radius 1 is 1.18 bits per heavy atom. The van der Waals surface area contributed by atoms with E-state index >= 15 is 0 Å². The van der Waals surface area contributed by atoms with Crippen LogP contribution < -0.4 is 25.0 Å². The van der Waals surface area contributed by atoms with Gasteiger partial charge >= 0.3 is 0 Å². The van der Waals surface area contributed by atoms with Crippen LogP contribution >= 0.6 is 0 Å². The van der Waals surface area contributed by atoms with Gasteiger partial charge in [0.1, 0.15) is 18.0 Å². The van der Waals surface area contributed by atoms with Crippen LogP contribution in [0.5, 0.6) is 11.5 Å². The molecule has 34 heavy (non-hydrogen) atoms. The monoisotopic (exact) mass is 466 g/mol. The summed E-state index contributed by atoms with van der Waals surface area (Å²) in [5.41, 5.74) is 1.78. The molecule has 10 nitrogen and oxygen atoms in total. The van der Waals surface area contributed by atoms with Gasteiger partial charge in [0.25, 0.3) is 5.91 Å². The summed E-state index contributed by atoms with van der Waals surface area (Å²) in [5, 5.41) is 5.99. The molecular formula is C24H30N6O4. The molecule has 0 radical (unpaired) electrons. The Balaban J connectivity index is 1.74. The Morgan fingerprint density at radius 3 is 2.76 bits per heavy atom. The quantitative estimate of drug-likeness (QED) is 0.696. The summed E-state index contributed by atoms with van der Waals surface area (Å²) >= 11 is 0. The zero-order valence-electron chi connectivity index (χ0n) is 19.9. The van der Waals surface area contributed by atoms with Crippen molar-refractivity contribution in [1.29, 1.82) is 0 Å². The number of carbonyl (C=O) groups excluding carboxylic acids is 2. The third-order valence-electron chi connectivity index (χ3n) is 5.89. The molecule has 10 heteroatoms. The van der Waals surface area contributed by atoms with E-state index in [1.807, 2.05) is 36.8 Å². The van der Waals surface area contributed by atoms with Gasteiger partial charge in [-0.25, -0.2) is 9.97 Å². The van der Waals surface area contributed by atoms with E-state index in [9.17, 15) is 9.59 Å². The molecule has 2 aliphatic rings. The van der Waals surface area contributed by atoms with Gasteiger partial charge in [-0.15, -0.1) is 0 Å². The molecule has 0 fully saturated rings. The Kier molecular flexibility index (Phi) is 6.85. The van der Waals surface area contributed by atoms with Gasteiger partial charge in [-0.3, -0.25) is 9.59 Å². The smallest absolute Gasteiger partial charge is 0.259 e. The highest BCUT2D eigenvalue weighted by molar-refractivity contribution is 6.32. The lowest BCUT2D eigenvalue weighted by atomic mass is 10.1. The lowest BCUT2D eigenvalue weighted by molar-refractivity contribution is -0.133. The van der Waals surface area contributed by atoms with Crippen LogP contribution in [0.2, 0.25) is 0 Å². The predicted molar refractivity (Wildman–Crippen MR) is 130 cm³/mol. The number of likely N-dealkylation sites (N-methyl/N-ethyl adjacent to an activating group) is 1. The minimum absolute atomic E-state index is 0.0553. The lowest BCUT2D eigenvalue weighted by Crippen LogP contribution is -2.42. The number of anilines is 3. The van der Waals surface area contributed by atoms with Gasteiger partial charge in [-0.1, -0.05) is 0 Å². The van der Waals surface area contributed by atoms with Crippen molar-refractivity contribution in [2.45, 2.75) is 32.7 Å². The van der Waals surface area contributed by atoms with E-state index in [4.69, 9.17) is 9.47 Å². The number of methoxy groups -OCH3 is 1. The molecule has 0 atom stereocenters. The minimum atomic E-state index is -0.264. The molecule has 2 aromatic rings. The number of benzene rings is 1. The third-order valence-corrected chi connectivity index (χ3v) is 5.89. The van der Waals surface area contributed by atoms with Gasteiger partial charge in [-0.05, 0) is 32.4 Å². The first-order valence-corrected chi connectivity index (χ1v) is 11.3. The van der Waals surface area contributed by atoms with E-state index in [0.29, 0.717) is 66.8 Å². The molecule has 2 aliphatic heterocycles. The van der Waals surface area contributed by atoms with E-state index < -0.39 is 0 Å². The van der Waals surface area contributed by atoms with Crippen LogP contribution in [0.3, 0.4) is 0 Å². The second kappa shape index (κ2) is 9.98. The summed E-state index contributed by atoms with van der Waals surface area (Å²) in [6, 6.07) is 5.49. The van der Waals surface area contributed by atoms with Crippen molar-refractivity contribution in [1.82, 2.24) is 14.9 Å². The SMILES string of the molecule is COc1ccc2cc1OCCCC(=O)N(C(C)C)CCN(C)c1ncnc3c1/C(=C/N2)C(=O)N3. The van der Waals surface area contributed by atoms with Crippen molar-refractivity contribution in [3.05, 3.63) is 36.3 Å². The number of nitrogens with one attached hydrogen (secondary N) is 2. The number of ether oxygens (including phenoxy) is 2. The standard InChI is InChI=1S/C24H30N6O4/c1-15(2)30-10-9-29(3)23-21-17(24(32)28-22(21)26-14-27-23)13-25-16-7-8-18(33-4)19(12-16)34-11-5-6-20(30)31/h7-8,12-15,25H,5-6,9-11H2,1-4H3,(H,26,27,28,32)/b17-13-. The molecule has 180 valence electrons. The highest BCUT2D eigenvalue weighted by Crippen LogP contribution is 2.36. The van der Waals surface area contributed by atoms with Crippen molar-refractivity contribution in [2.24, 2.45) is 0 Å². The van der Waals surface area contributed by atoms with Crippen LogP contribution in [0, 0.1) is 0 Å². The zero-order valence-corrected chi connectivity index (χ0v) is 19.9. The van der Waals surface area contributed by atoms with Crippen LogP contribution in [0.25, 0.3) is 5.57 Å². The molecule has 0 saturated carbocycles. The van der Waals surface area contributed by atoms with Crippen molar-refractivity contribution in [3.63, 3.8) is 0 Å². The highest BCUT2D eigenvalue weighted by atomic mass is 16.5. The maximum absolute atomic E-state index is 12.9. The molecule has 2 amide bonds. The fourth-order valence-corrected chi connectivity index (χ4v) is 4.05. The van der Waals surface area contributed by atoms with Crippen molar-refractivity contribution >= 4 is 34.7 Å². The van der Waals surface area contributed by atoms with Crippen molar-refractivity contribution in [3.8, 4) is 11.5 Å². The van der Waals surface area contributed by atoms with Crippen molar-refractivity contribution < 1.29 is 19.1 Å². The first-order chi connectivity index (χ1) is 16.4. The van der Waals surface area contributed by atoms with E-state index in [0.717, 1.165) is 5.69 Å². The second-order valence-corrected chi connectivity index (χ2v) is 8.50. The van der Waals surface area contributed by atoms with Crippen LogP contribution in [-0.4, -0.2) is 66.6 Å². The molecule has 3 heterocycles. The van der Waals surface area contributed by atoms with Crippen LogP contribution in [0.4, 0.5) is 17.3 Å². The highest BCUT2D eigenvalue weighted by Gasteiger charge is 2.31. The molecule has 0 aliphatic carbocycles. The number of aromatic nitrogens is 2. The lowest BCUT2D eigenvalue weighted by Gasteiger charge is -2.30. The average molecular weight is 467 g/mol. The number of carbonyl (C=O) groups is 2. The number of fused-ring (bicyclic) bond motifs is 2. The van der Waals surface area contributed by atoms with Gasteiger partial charge in [-0.2, -0.15) is 0 Å². The van der Waals surface area contributed by atoms with Gasteiger partial charge < -0.3 is 29.9 Å². The number of hydrogen-bond donors (Lipinski definition) is 2. The Bertz CT molecular complexity index is 1120. The van der Waals surface area contributed by atoms with Crippen molar-refractivity contribution in [2.75, 3.05) is 49.4 Å². The average Bonchev–Trinajstić information content (AvgIpc) is 3.14. The van der Waals surface area contributed by atoms with E-state index in [-0.39, 0.29) is 17.9 Å². The van der Waals surface area contributed by atoms with Gasteiger partial charge in [0.2, 0.25) is 5.91 Å². The molecule has 1 aromatic carbocycles. The normalized spacial score (nSPS) is 18.3.